The van der Waals surface area contributed by atoms with E-state index in [2.05, 4.69) is 18.0 Å². The van der Waals surface area contributed by atoms with Crippen LogP contribution in [-0.2, 0) is 0 Å². The SMILES string of the molecule is C=C/C(=C\C=C/C)C1(CNC)CC1CO. The van der Waals surface area contributed by atoms with Crippen LogP contribution in [0.25, 0.3) is 0 Å². The highest BCUT2D eigenvalue weighted by Crippen LogP contribution is 2.57. The van der Waals surface area contributed by atoms with Gasteiger partial charge >= 0.3 is 0 Å². The van der Waals surface area contributed by atoms with Gasteiger partial charge in [-0.3, -0.25) is 0 Å². The van der Waals surface area contributed by atoms with Gasteiger partial charge in [0.05, 0.1) is 0 Å². The fraction of sp³-hybridized carbons (Fsp3) is 0.538. The molecule has 0 radical (unpaired) electrons. The summed E-state index contributed by atoms with van der Waals surface area (Å²) in [5, 5.41) is 12.4. The first-order chi connectivity index (χ1) is 7.25. The Morgan fingerprint density at radius 1 is 1.67 bits per heavy atom. The number of aliphatic hydroxyl groups is 1. The minimum absolute atomic E-state index is 0.116. The van der Waals surface area contributed by atoms with Gasteiger partial charge in [-0.05, 0) is 31.9 Å². The maximum atomic E-state index is 9.23. The average Bonchev–Trinajstić information content (AvgIpc) is 2.94. The van der Waals surface area contributed by atoms with Gasteiger partial charge in [0.15, 0.2) is 0 Å². The zero-order valence-electron chi connectivity index (χ0n) is 9.66. The second-order valence-electron chi connectivity index (χ2n) is 4.12. The minimum atomic E-state index is 0.116. The maximum absolute atomic E-state index is 9.23. The van der Waals surface area contributed by atoms with Crippen molar-refractivity contribution >= 4 is 0 Å². The molecule has 1 rings (SSSR count). The molecular formula is C13H21NO. The number of nitrogens with one attached hydrogen (secondary N) is 1. The molecule has 2 atom stereocenters. The molecule has 0 aromatic carbocycles. The Bertz CT molecular complexity index is 280. The molecule has 2 heteroatoms. The number of allylic oxidation sites excluding steroid dienone is 4. The van der Waals surface area contributed by atoms with Gasteiger partial charge in [0.2, 0.25) is 0 Å². The third-order valence-electron chi connectivity index (χ3n) is 3.21. The van der Waals surface area contributed by atoms with Gasteiger partial charge in [-0.15, -0.1) is 0 Å². The molecule has 0 aromatic heterocycles. The lowest BCUT2D eigenvalue weighted by molar-refractivity contribution is 0.257. The van der Waals surface area contributed by atoms with Crippen LogP contribution in [0.15, 0.2) is 36.5 Å². The summed E-state index contributed by atoms with van der Waals surface area (Å²) >= 11 is 0. The predicted octanol–water partition coefficient (Wildman–Crippen LogP) is 1.89. The lowest BCUT2D eigenvalue weighted by Gasteiger charge is -2.17. The highest BCUT2D eigenvalue weighted by atomic mass is 16.3. The van der Waals surface area contributed by atoms with Gasteiger partial charge in [0, 0.05) is 18.6 Å². The van der Waals surface area contributed by atoms with E-state index in [-0.39, 0.29) is 12.0 Å². The number of rotatable bonds is 6. The summed E-state index contributed by atoms with van der Waals surface area (Å²) in [5.74, 6) is 0.388. The van der Waals surface area contributed by atoms with Crippen molar-refractivity contribution in [1.29, 1.82) is 0 Å². The minimum Gasteiger partial charge on any atom is -0.396 e. The van der Waals surface area contributed by atoms with Crippen LogP contribution in [0.5, 0.6) is 0 Å². The van der Waals surface area contributed by atoms with E-state index in [1.165, 1.54) is 5.57 Å². The second kappa shape index (κ2) is 5.29. The van der Waals surface area contributed by atoms with Crippen LogP contribution in [0.4, 0.5) is 0 Å². The largest absolute Gasteiger partial charge is 0.396 e. The van der Waals surface area contributed by atoms with E-state index >= 15 is 0 Å². The summed E-state index contributed by atoms with van der Waals surface area (Å²) in [7, 11) is 1.95. The average molecular weight is 207 g/mol. The predicted molar refractivity (Wildman–Crippen MR) is 64.6 cm³/mol. The molecule has 0 aliphatic heterocycles. The summed E-state index contributed by atoms with van der Waals surface area (Å²) in [6.07, 6.45) is 9.10. The lowest BCUT2D eigenvalue weighted by Crippen LogP contribution is -2.24. The first-order valence-electron chi connectivity index (χ1n) is 5.46. The molecule has 1 aliphatic rings. The Kier molecular flexibility index (Phi) is 4.30. The molecule has 84 valence electrons. The molecule has 1 saturated carbocycles. The molecular weight excluding hydrogens is 186 g/mol. The first kappa shape index (κ1) is 12.2. The highest BCUT2D eigenvalue weighted by Gasteiger charge is 2.54. The number of hydrogen-bond donors (Lipinski definition) is 2. The van der Waals surface area contributed by atoms with Gasteiger partial charge in [-0.2, -0.15) is 0 Å². The van der Waals surface area contributed by atoms with E-state index in [0.717, 1.165) is 13.0 Å². The van der Waals surface area contributed by atoms with Crippen LogP contribution >= 0.6 is 0 Å². The zero-order chi connectivity index (χ0) is 11.3. The van der Waals surface area contributed by atoms with E-state index < -0.39 is 0 Å². The monoisotopic (exact) mass is 207 g/mol. The van der Waals surface area contributed by atoms with E-state index in [4.69, 9.17) is 0 Å². The summed E-state index contributed by atoms with van der Waals surface area (Å²) in [5.41, 5.74) is 1.35. The molecule has 15 heavy (non-hydrogen) atoms. The van der Waals surface area contributed by atoms with Crippen molar-refractivity contribution in [2.24, 2.45) is 11.3 Å². The van der Waals surface area contributed by atoms with Crippen LogP contribution in [-0.4, -0.2) is 25.3 Å². The fourth-order valence-electron chi connectivity index (χ4n) is 2.24. The molecule has 1 aliphatic carbocycles. The molecule has 0 aromatic rings. The summed E-state index contributed by atoms with van der Waals surface area (Å²) < 4.78 is 0. The molecule has 2 nitrogen and oxygen atoms in total. The van der Waals surface area contributed by atoms with Crippen LogP contribution < -0.4 is 5.32 Å². The number of hydrogen-bond acceptors (Lipinski definition) is 2. The van der Waals surface area contributed by atoms with Crippen molar-refractivity contribution in [3.8, 4) is 0 Å². The molecule has 2 N–H and O–H groups in total. The Morgan fingerprint density at radius 3 is 2.80 bits per heavy atom. The van der Waals surface area contributed by atoms with Crippen molar-refractivity contribution < 1.29 is 5.11 Å². The zero-order valence-corrected chi connectivity index (χ0v) is 9.66. The lowest BCUT2D eigenvalue weighted by atomic mass is 9.92. The van der Waals surface area contributed by atoms with Crippen LogP contribution in [0.3, 0.4) is 0 Å². The molecule has 0 amide bonds. The summed E-state index contributed by atoms with van der Waals surface area (Å²) in [4.78, 5) is 0. The van der Waals surface area contributed by atoms with Crippen molar-refractivity contribution in [2.75, 3.05) is 20.2 Å². The molecule has 1 fully saturated rings. The topological polar surface area (TPSA) is 32.3 Å². The Balaban J connectivity index is 2.84. The smallest absolute Gasteiger partial charge is 0.0468 e. The third kappa shape index (κ3) is 2.39. The third-order valence-corrected chi connectivity index (χ3v) is 3.21. The van der Waals surface area contributed by atoms with Crippen molar-refractivity contribution in [1.82, 2.24) is 5.32 Å². The summed E-state index contributed by atoms with van der Waals surface area (Å²) in [6, 6.07) is 0. The van der Waals surface area contributed by atoms with Crippen LogP contribution in [0.2, 0.25) is 0 Å². The van der Waals surface area contributed by atoms with Crippen LogP contribution in [0, 0.1) is 11.3 Å². The quantitative estimate of drug-likeness (QED) is 0.652. The normalized spacial score (nSPS) is 30.9. The standard InChI is InChI=1S/C13H21NO/c1-4-6-7-11(5-2)13(10-14-3)8-12(13)9-15/h4-7,12,14-15H,2,8-10H2,1,3H3/b6-4-,11-7+. The first-order valence-corrected chi connectivity index (χ1v) is 5.46. The van der Waals surface area contributed by atoms with Gasteiger partial charge in [-0.25, -0.2) is 0 Å². The van der Waals surface area contributed by atoms with Crippen molar-refractivity contribution in [3.05, 3.63) is 36.5 Å². The number of aliphatic hydroxyl groups excluding tert-OH is 1. The second-order valence-corrected chi connectivity index (χ2v) is 4.12. The van der Waals surface area contributed by atoms with E-state index in [1.807, 2.05) is 32.2 Å². The van der Waals surface area contributed by atoms with Gasteiger partial charge in [0.1, 0.15) is 0 Å². The van der Waals surface area contributed by atoms with E-state index in [1.54, 1.807) is 0 Å². The van der Waals surface area contributed by atoms with Crippen LogP contribution in [0.1, 0.15) is 13.3 Å². The highest BCUT2D eigenvalue weighted by molar-refractivity contribution is 5.36. The molecule has 0 bridgehead atoms. The van der Waals surface area contributed by atoms with Gasteiger partial charge < -0.3 is 10.4 Å². The van der Waals surface area contributed by atoms with E-state index in [9.17, 15) is 5.11 Å². The molecule has 0 spiro atoms. The fourth-order valence-corrected chi connectivity index (χ4v) is 2.24. The Morgan fingerprint density at radius 2 is 2.40 bits per heavy atom. The van der Waals surface area contributed by atoms with Gasteiger partial charge in [-0.1, -0.05) is 30.9 Å². The Hall–Kier alpha value is -0.860. The van der Waals surface area contributed by atoms with E-state index in [0.29, 0.717) is 5.92 Å². The molecule has 2 unspecified atom stereocenters. The van der Waals surface area contributed by atoms with Gasteiger partial charge in [0.25, 0.3) is 0 Å². The summed E-state index contributed by atoms with van der Waals surface area (Å²) in [6.45, 7) is 7.03. The Labute approximate surface area is 92.4 Å². The maximum Gasteiger partial charge on any atom is 0.0468 e. The van der Waals surface area contributed by atoms with Crippen molar-refractivity contribution in [3.63, 3.8) is 0 Å². The molecule has 0 heterocycles. The molecule has 0 saturated heterocycles. The van der Waals surface area contributed by atoms with Crippen molar-refractivity contribution in [2.45, 2.75) is 13.3 Å².